The molecule has 7 heteroatoms. The van der Waals surface area contributed by atoms with Crippen molar-refractivity contribution in [2.24, 2.45) is 0 Å². The van der Waals surface area contributed by atoms with Crippen LogP contribution in [0.4, 0.5) is 5.69 Å². The first-order valence-electron chi connectivity index (χ1n) is 6.65. The van der Waals surface area contributed by atoms with E-state index in [2.05, 4.69) is 15.6 Å². The maximum atomic E-state index is 11.9. The van der Waals surface area contributed by atoms with Crippen molar-refractivity contribution in [2.45, 2.75) is 6.54 Å². The molecule has 0 aliphatic carbocycles. The van der Waals surface area contributed by atoms with Crippen molar-refractivity contribution in [2.75, 3.05) is 11.9 Å². The van der Waals surface area contributed by atoms with Gasteiger partial charge in [0.25, 0.3) is 11.8 Å². The molecule has 1 aliphatic heterocycles. The van der Waals surface area contributed by atoms with Gasteiger partial charge in [-0.15, -0.1) is 0 Å². The smallest absolute Gasteiger partial charge is 0.268 e. The summed E-state index contributed by atoms with van der Waals surface area (Å²) in [4.78, 5) is 36.7. The fourth-order valence-electron chi connectivity index (χ4n) is 2.09. The molecule has 0 unspecified atom stereocenters. The number of aromatic amines is 1. The summed E-state index contributed by atoms with van der Waals surface area (Å²) in [5.74, 6) is 0.00527. The Balaban J connectivity index is 1.68. The average molecular weight is 299 g/mol. The van der Waals surface area contributed by atoms with E-state index in [0.717, 1.165) is 5.56 Å². The monoisotopic (exact) mass is 299 g/mol. The summed E-state index contributed by atoms with van der Waals surface area (Å²) >= 11 is 0. The number of nitrogens with one attached hydrogen (secondary N) is 3. The zero-order valence-corrected chi connectivity index (χ0v) is 11.5. The van der Waals surface area contributed by atoms with Crippen LogP contribution < -0.4 is 20.9 Å². The molecular weight excluding hydrogens is 286 g/mol. The Hall–Kier alpha value is -3.09. The molecule has 0 spiro atoms. The van der Waals surface area contributed by atoms with Gasteiger partial charge in [0.05, 0.1) is 5.69 Å². The second-order valence-electron chi connectivity index (χ2n) is 4.78. The van der Waals surface area contributed by atoms with Gasteiger partial charge in [-0.25, -0.2) is 0 Å². The van der Waals surface area contributed by atoms with Crippen LogP contribution in [0.15, 0.2) is 41.2 Å². The van der Waals surface area contributed by atoms with Crippen LogP contribution in [-0.4, -0.2) is 23.4 Å². The van der Waals surface area contributed by atoms with Gasteiger partial charge < -0.3 is 20.4 Å². The molecule has 1 aliphatic rings. The molecule has 0 fully saturated rings. The number of anilines is 1. The Morgan fingerprint density at radius 3 is 2.91 bits per heavy atom. The van der Waals surface area contributed by atoms with Crippen molar-refractivity contribution in [3.05, 3.63) is 58.0 Å². The number of amides is 2. The highest BCUT2D eigenvalue weighted by Gasteiger charge is 2.16. The number of fused-ring (bicyclic) bond motifs is 1. The molecule has 0 saturated heterocycles. The van der Waals surface area contributed by atoms with Crippen LogP contribution in [0.5, 0.6) is 5.75 Å². The molecule has 3 rings (SSSR count). The van der Waals surface area contributed by atoms with Crippen molar-refractivity contribution < 1.29 is 14.3 Å². The van der Waals surface area contributed by atoms with Gasteiger partial charge in [0.2, 0.25) is 5.56 Å². The minimum absolute atomic E-state index is 0.0198. The Bertz CT molecular complexity index is 797. The normalized spacial score (nSPS) is 12.8. The maximum Gasteiger partial charge on any atom is 0.268 e. The van der Waals surface area contributed by atoms with E-state index in [9.17, 15) is 14.4 Å². The largest absolute Gasteiger partial charge is 0.482 e. The molecule has 0 radical (unpaired) electrons. The van der Waals surface area contributed by atoms with Gasteiger partial charge in [-0.2, -0.15) is 0 Å². The van der Waals surface area contributed by atoms with Crippen LogP contribution in [0.1, 0.15) is 16.1 Å². The van der Waals surface area contributed by atoms with Crippen LogP contribution in [0, 0.1) is 0 Å². The van der Waals surface area contributed by atoms with E-state index in [4.69, 9.17) is 4.74 Å². The first kappa shape index (κ1) is 13.9. The van der Waals surface area contributed by atoms with Crippen LogP contribution >= 0.6 is 0 Å². The standard InChI is InChI=1S/C15H13N3O4/c19-13-3-1-2-11(18-13)15(21)16-7-9-4-5-10-12(6-9)22-8-14(20)17-10/h1-6H,7-8H2,(H,16,21)(H,17,20)(H,18,19). The second-order valence-corrected chi connectivity index (χ2v) is 4.78. The molecule has 2 aromatic rings. The zero-order valence-electron chi connectivity index (χ0n) is 11.5. The van der Waals surface area contributed by atoms with Crippen molar-refractivity contribution in [1.29, 1.82) is 0 Å². The molecule has 22 heavy (non-hydrogen) atoms. The number of carbonyl (C=O) groups excluding carboxylic acids is 2. The van der Waals surface area contributed by atoms with Crippen molar-refractivity contribution >= 4 is 17.5 Å². The topological polar surface area (TPSA) is 100 Å². The van der Waals surface area contributed by atoms with Gasteiger partial charge in [-0.05, 0) is 23.8 Å². The first-order chi connectivity index (χ1) is 10.6. The molecule has 112 valence electrons. The van der Waals surface area contributed by atoms with E-state index in [-0.39, 0.29) is 36.2 Å². The van der Waals surface area contributed by atoms with Gasteiger partial charge in [0, 0.05) is 12.6 Å². The third-order valence-corrected chi connectivity index (χ3v) is 3.14. The lowest BCUT2D eigenvalue weighted by Crippen LogP contribution is -2.27. The molecule has 3 N–H and O–H groups in total. The van der Waals surface area contributed by atoms with Crippen LogP contribution in [0.25, 0.3) is 0 Å². The summed E-state index contributed by atoms with van der Waals surface area (Å²) in [6.07, 6.45) is 0. The van der Waals surface area contributed by atoms with Gasteiger partial charge in [0.15, 0.2) is 6.61 Å². The number of hydrogen-bond acceptors (Lipinski definition) is 4. The number of rotatable bonds is 3. The van der Waals surface area contributed by atoms with E-state index < -0.39 is 0 Å². The molecular formula is C15H13N3O4. The van der Waals surface area contributed by atoms with Crippen LogP contribution in [-0.2, 0) is 11.3 Å². The van der Waals surface area contributed by atoms with Crippen LogP contribution in [0.3, 0.4) is 0 Å². The lowest BCUT2D eigenvalue weighted by molar-refractivity contribution is -0.118. The van der Waals surface area contributed by atoms with Crippen LogP contribution in [0.2, 0.25) is 0 Å². The predicted molar refractivity (Wildman–Crippen MR) is 78.8 cm³/mol. The quantitative estimate of drug-likeness (QED) is 0.774. The number of carbonyl (C=O) groups is 2. The number of ether oxygens (including phenoxy) is 1. The number of benzene rings is 1. The van der Waals surface area contributed by atoms with E-state index in [1.54, 1.807) is 18.2 Å². The Labute approximate surface area is 125 Å². The molecule has 0 atom stereocenters. The number of aromatic nitrogens is 1. The van der Waals surface area contributed by atoms with Crippen molar-refractivity contribution in [3.8, 4) is 5.75 Å². The number of H-pyrrole nitrogens is 1. The van der Waals surface area contributed by atoms with Gasteiger partial charge in [-0.3, -0.25) is 14.4 Å². The maximum absolute atomic E-state index is 11.9. The minimum Gasteiger partial charge on any atom is -0.482 e. The van der Waals surface area contributed by atoms with Crippen molar-refractivity contribution in [3.63, 3.8) is 0 Å². The third-order valence-electron chi connectivity index (χ3n) is 3.14. The SMILES string of the molecule is O=C1COc2cc(CNC(=O)c3cccc(=O)[nH]3)ccc2N1. The Kier molecular flexibility index (Phi) is 3.61. The minimum atomic E-state index is -0.371. The van der Waals surface area contributed by atoms with E-state index >= 15 is 0 Å². The summed E-state index contributed by atoms with van der Waals surface area (Å²) < 4.78 is 5.31. The Morgan fingerprint density at radius 2 is 2.09 bits per heavy atom. The number of hydrogen-bond donors (Lipinski definition) is 3. The summed E-state index contributed by atoms with van der Waals surface area (Å²) in [7, 11) is 0. The summed E-state index contributed by atoms with van der Waals surface area (Å²) in [5, 5.41) is 5.40. The van der Waals surface area contributed by atoms with Gasteiger partial charge in [0.1, 0.15) is 11.4 Å². The third kappa shape index (κ3) is 2.98. The molecule has 7 nitrogen and oxygen atoms in total. The molecule has 2 heterocycles. The second kappa shape index (κ2) is 5.72. The molecule has 2 amide bonds. The lowest BCUT2D eigenvalue weighted by Gasteiger charge is -2.18. The summed E-state index contributed by atoms with van der Waals surface area (Å²) in [6, 6.07) is 9.64. The molecule has 1 aromatic carbocycles. The van der Waals surface area contributed by atoms with E-state index in [1.807, 2.05) is 0 Å². The van der Waals surface area contributed by atoms with Crippen molar-refractivity contribution in [1.82, 2.24) is 10.3 Å². The summed E-state index contributed by atoms with van der Waals surface area (Å²) in [6.45, 7) is 0.258. The van der Waals surface area contributed by atoms with E-state index in [1.165, 1.54) is 18.2 Å². The fraction of sp³-hybridized carbons (Fsp3) is 0.133. The highest BCUT2D eigenvalue weighted by atomic mass is 16.5. The average Bonchev–Trinajstić information content (AvgIpc) is 2.52. The Morgan fingerprint density at radius 1 is 1.23 bits per heavy atom. The van der Waals surface area contributed by atoms with E-state index in [0.29, 0.717) is 11.4 Å². The molecule has 1 aromatic heterocycles. The lowest BCUT2D eigenvalue weighted by atomic mass is 10.1. The highest BCUT2D eigenvalue weighted by molar-refractivity contribution is 5.95. The van der Waals surface area contributed by atoms with Gasteiger partial charge in [-0.1, -0.05) is 12.1 Å². The molecule has 0 bridgehead atoms. The number of pyridine rings is 1. The zero-order chi connectivity index (χ0) is 15.5. The summed E-state index contributed by atoms with van der Waals surface area (Å²) in [5.41, 5.74) is 1.31. The van der Waals surface area contributed by atoms with Gasteiger partial charge >= 0.3 is 0 Å². The molecule has 0 saturated carbocycles. The fourth-order valence-corrected chi connectivity index (χ4v) is 2.09. The first-order valence-corrected chi connectivity index (χ1v) is 6.65. The highest BCUT2D eigenvalue weighted by Crippen LogP contribution is 2.28. The predicted octanol–water partition coefficient (Wildman–Crippen LogP) is 0.636.